The van der Waals surface area contributed by atoms with E-state index in [2.05, 4.69) is 15.9 Å². The van der Waals surface area contributed by atoms with E-state index < -0.39 is 9.05 Å². The van der Waals surface area contributed by atoms with E-state index in [0.717, 1.165) is 0 Å². The second-order valence-corrected chi connectivity index (χ2v) is 7.20. The van der Waals surface area contributed by atoms with Crippen molar-refractivity contribution in [3.05, 3.63) is 21.6 Å². The maximum atomic E-state index is 11.4. The summed E-state index contributed by atoms with van der Waals surface area (Å²) in [6.45, 7) is 0.797. The Morgan fingerprint density at radius 3 is 2.56 bits per heavy atom. The Morgan fingerprint density at radius 2 is 2.00 bits per heavy atom. The van der Waals surface area contributed by atoms with E-state index in [9.17, 15) is 8.42 Å². The largest absolute Gasteiger partial charge is 0.491 e. The van der Waals surface area contributed by atoms with Gasteiger partial charge >= 0.3 is 0 Å². The van der Waals surface area contributed by atoms with Crippen molar-refractivity contribution in [2.45, 2.75) is 11.3 Å². The van der Waals surface area contributed by atoms with Crippen molar-refractivity contribution in [3.63, 3.8) is 0 Å². The molecule has 4 nitrogen and oxygen atoms in total. The molecule has 0 atom stereocenters. The van der Waals surface area contributed by atoms with Crippen LogP contribution in [0, 0.1) is 0 Å². The molecule has 102 valence electrons. The fourth-order valence-electron chi connectivity index (χ4n) is 1.24. The van der Waals surface area contributed by atoms with Gasteiger partial charge in [-0.1, -0.05) is 27.5 Å². The van der Waals surface area contributed by atoms with Gasteiger partial charge in [0.05, 0.1) is 11.6 Å². The maximum absolute atomic E-state index is 11.4. The van der Waals surface area contributed by atoms with Gasteiger partial charge in [-0.15, -0.1) is 0 Å². The zero-order chi connectivity index (χ0) is 13.8. The smallest absolute Gasteiger partial charge is 0.265 e. The average molecular weight is 378 g/mol. The van der Waals surface area contributed by atoms with Gasteiger partial charge in [0, 0.05) is 35.3 Å². The summed E-state index contributed by atoms with van der Waals surface area (Å²) < 4.78 is 33.6. The van der Waals surface area contributed by atoms with Crippen molar-refractivity contribution in [2.75, 3.05) is 20.3 Å². The van der Waals surface area contributed by atoms with Gasteiger partial charge < -0.3 is 9.47 Å². The molecule has 1 rings (SSSR count). The Labute approximate surface area is 124 Å². The van der Waals surface area contributed by atoms with E-state index in [1.54, 1.807) is 13.2 Å². The predicted molar refractivity (Wildman–Crippen MR) is 74.2 cm³/mol. The first-order valence-electron chi connectivity index (χ1n) is 4.91. The monoisotopic (exact) mass is 376 g/mol. The summed E-state index contributed by atoms with van der Waals surface area (Å²) in [6, 6.07) is 2.89. The summed E-state index contributed by atoms with van der Waals surface area (Å²) in [5.74, 6) is 0.0611. The number of rotatable bonds is 6. The van der Waals surface area contributed by atoms with E-state index in [-0.39, 0.29) is 22.3 Å². The van der Waals surface area contributed by atoms with Crippen molar-refractivity contribution in [3.8, 4) is 5.75 Å². The highest BCUT2D eigenvalue weighted by Gasteiger charge is 2.20. The minimum atomic E-state index is -3.92. The molecule has 0 aliphatic carbocycles. The summed E-state index contributed by atoms with van der Waals surface area (Å²) >= 11 is 9.09. The van der Waals surface area contributed by atoms with Crippen molar-refractivity contribution < 1.29 is 17.9 Å². The maximum Gasteiger partial charge on any atom is 0.265 e. The fraction of sp³-hybridized carbons (Fsp3) is 0.400. The molecule has 0 saturated carbocycles. The molecule has 0 radical (unpaired) electrons. The number of hydrogen-bond donors (Lipinski definition) is 0. The molecular formula is C10H11BrCl2O4S. The molecule has 0 aliphatic heterocycles. The van der Waals surface area contributed by atoms with Gasteiger partial charge in [-0.2, -0.15) is 0 Å². The highest BCUT2D eigenvalue weighted by Crippen LogP contribution is 2.37. The summed E-state index contributed by atoms with van der Waals surface area (Å²) in [4.78, 5) is -0.152. The zero-order valence-corrected chi connectivity index (χ0v) is 13.4. The minimum Gasteiger partial charge on any atom is -0.491 e. The van der Waals surface area contributed by atoms with Gasteiger partial charge in [0.2, 0.25) is 0 Å². The number of halogens is 3. The molecule has 0 spiro atoms. The Kier molecular flexibility index (Phi) is 6.20. The van der Waals surface area contributed by atoms with Gasteiger partial charge in [0.1, 0.15) is 4.90 Å². The molecule has 0 heterocycles. The molecule has 0 fully saturated rings. The molecule has 8 heteroatoms. The number of ether oxygens (including phenoxy) is 2. The van der Waals surface area contributed by atoms with Crippen molar-refractivity contribution in [1.29, 1.82) is 0 Å². The molecule has 1 aromatic rings. The second kappa shape index (κ2) is 6.96. The lowest BCUT2D eigenvalue weighted by Gasteiger charge is -2.11. The Balaban J connectivity index is 3.02. The zero-order valence-electron chi connectivity index (χ0n) is 9.45. The predicted octanol–water partition coefficient (Wildman–Crippen LogP) is 3.45. The third-order valence-corrected chi connectivity index (χ3v) is 4.04. The molecule has 0 saturated heterocycles. The molecule has 0 aliphatic rings. The van der Waals surface area contributed by atoms with E-state index in [4.69, 9.17) is 31.8 Å². The lowest BCUT2D eigenvalue weighted by molar-refractivity contribution is 0.171. The summed E-state index contributed by atoms with van der Waals surface area (Å²) in [6.07, 6.45) is 0.616. The van der Waals surface area contributed by atoms with Crippen molar-refractivity contribution in [2.24, 2.45) is 0 Å². The summed E-state index contributed by atoms with van der Waals surface area (Å²) in [5.41, 5.74) is 0. The number of hydrogen-bond acceptors (Lipinski definition) is 4. The Morgan fingerprint density at radius 1 is 1.33 bits per heavy atom. The standard InChI is InChI=1S/C10H11BrCl2O4S/c1-16-3-2-4-17-10-8(12)5-7(11)6-9(10)18(13,14)15/h5-6H,2-4H2,1H3. The van der Waals surface area contributed by atoms with Crippen LogP contribution in [0.4, 0.5) is 0 Å². The average Bonchev–Trinajstić information content (AvgIpc) is 2.24. The van der Waals surface area contributed by atoms with Crippen LogP contribution in [0.5, 0.6) is 5.75 Å². The van der Waals surface area contributed by atoms with Crippen molar-refractivity contribution >= 4 is 47.3 Å². The van der Waals surface area contributed by atoms with Crippen LogP contribution in [0.3, 0.4) is 0 Å². The van der Waals surface area contributed by atoms with E-state index in [0.29, 0.717) is 17.5 Å². The molecule has 0 N–H and O–H groups in total. The van der Waals surface area contributed by atoms with Gasteiger partial charge in [0.15, 0.2) is 5.75 Å². The van der Waals surface area contributed by atoms with Crippen molar-refractivity contribution in [1.82, 2.24) is 0 Å². The summed E-state index contributed by atoms with van der Waals surface area (Å²) in [7, 11) is 2.99. The lowest BCUT2D eigenvalue weighted by atomic mass is 10.3. The third-order valence-electron chi connectivity index (χ3n) is 1.98. The van der Waals surface area contributed by atoms with E-state index >= 15 is 0 Å². The van der Waals surface area contributed by atoms with Crippen LogP contribution in [0.1, 0.15) is 6.42 Å². The Bertz CT molecular complexity index is 519. The third kappa shape index (κ3) is 4.59. The topological polar surface area (TPSA) is 52.6 Å². The number of benzene rings is 1. The molecule has 18 heavy (non-hydrogen) atoms. The Hall–Kier alpha value is -0.0100. The molecular weight excluding hydrogens is 367 g/mol. The normalized spacial score (nSPS) is 11.6. The summed E-state index contributed by atoms with van der Waals surface area (Å²) in [5, 5.41) is 0.181. The second-order valence-electron chi connectivity index (χ2n) is 3.35. The van der Waals surface area contributed by atoms with E-state index in [1.165, 1.54) is 6.07 Å². The van der Waals surface area contributed by atoms with Crippen LogP contribution in [0.2, 0.25) is 5.02 Å². The highest BCUT2D eigenvalue weighted by atomic mass is 79.9. The SMILES string of the molecule is COCCCOc1c(Cl)cc(Br)cc1S(=O)(=O)Cl. The van der Waals surface area contributed by atoms with Gasteiger partial charge in [-0.3, -0.25) is 0 Å². The quantitative estimate of drug-likeness (QED) is 0.562. The minimum absolute atomic E-state index is 0.0611. The first-order valence-corrected chi connectivity index (χ1v) is 8.39. The van der Waals surface area contributed by atoms with Crippen LogP contribution in [0.25, 0.3) is 0 Å². The molecule has 0 unspecified atom stereocenters. The van der Waals surface area contributed by atoms with Crippen LogP contribution in [0.15, 0.2) is 21.5 Å². The highest BCUT2D eigenvalue weighted by molar-refractivity contribution is 9.10. The first kappa shape index (κ1) is 16.0. The van der Waals surface area contributed by atoms with Gasteiger partial charge in [0.25, 0.3) is 9.05 Å². The first-order chi connectivity index (χ1) is 8.36. The van der Waals surface area contributed by atoms with Gasteiger partial charge in [-0.05, 0) is 12.1 Å². The molecule has 0 amide bonds. The fourth-order valence-corrected chi connectivity index (χ4v) is 3.31. The van der Waals surface area contributed by atoms with Crippen LogP contribution >= 0.6 is 38.2 Å². The van der Waals surface area contributed by atoms with Gasteiger partial charge in [-0.25, -0.2) is 8.42 Å². The van der Waals surface area contributed by atoms with Crippen LogP contribution in [-0.2, 0) is 13.8 Å². The molecule has 0 aromatic heterocycles. The number of methoxy groups -OCH3 is 1. The van der Waals surface area contributed by atoms with E-state index in [1.807, 2.05) is 0 Å². The molecule has 0 bridgehead atoms. The molecule has 1 aromatic carbocycles. The van der Waals surface area contributed by atoms with Crippen LogP contribution < -0.4 is 4.74 Å². The van der Waals surface area contributed by atoms with Crippen LogP contribution in [-0.4, -0.2) is 28.7 Å². The lowest BCUT2D eigenvalue weighted by Crippen LogP contribution is -2.05.